The van der Waals surface area contributed by atoms with Crippen molar-refractivity contribution in [3.8, 4) is 22.8 Å². The van der Waals surface area contributed by atoms with E-state index in [1.54, 1.807) is 34.4 Å². The molecule has 1 saturated heterocycles. The van der Waals surface area contributed by atoms with E-state index in [1.807, 2.05) is 69.8 Å². The number of aryl methyl sites for hydroxylation is 1. The molecule has 208 valence electrons. The number of carbonyl (C=O) groups excluding carboxylic acids is 1. The van der Waals surface area contributed by atoms with Crippen molar-refractivity contribution < 1.29 is 14.3 Å². The Morgan fingerprint density at radius 2 is 1.88 bits per heavy atom. The summed E-state index contributed by atoms with van der Waals surface area (Å²) in [6.45, 7) is 11.1. The number of nitrogens with zero attached hydrogens (tertiary/aromatic N) is 7. The maximum Gasteiger partial charge on any atom is 0.410 e. The summed E-state index contributed by atoms with van der Waals surface area (Å²) in [5.74, 6) is 0.814. The fraction of sp³-hybridized carbons (Fsp3) is 0.379. The van der Waals surface area contributed by atoms with Crippen LogP contribution >= 0.6 is 0 Å². The van der Waals surface area contributed by atoms with Crippen LogP contribution in [-0.2, 0) is 11.3 Å². The maximum absolute atomic E-state index is 12.7. The molecule has 11 heteroatoms. The van der Waals surface area contributed by atoms with Crippen molar-refractivity contribution in [2.75, 3.05) is 13.1 Å². The van der Waals surface area contributed by atoms with Crippen LogP contribution in [-0.4, -0.2) is 65.3 Å². The van der Waals surface area contributed by atoms with Gasteiger partial charge in [-0.25, -0.2) is 19.4 Å². The monoisotopic (exact) mass is 543 g/mol. The van der Waals surface area contributed by atoms with Crippen LogP contribution in [0.4, 0.5) is 4.79 Å². The molecule has 0 N–H and O–H groups in total. The highest BCUT2D eigenvalue weighted by Crippen LogP contribution is 2.26. The molecule has 1 fully saturated rings. The third-order valence-electron chi connectivity index (χ3n) is 6.53. The first kappa shape index (κ1) is 27.0. The number of aromatic nitrogens is 6. The third-order valence-corrected chi connectivity index (χ3v) is 6.53. The van der Waals surface area contributed by atoms with Crippen molar-refractivity contribution in [2.45, 2.75) is 58.8 Å². The Morgan fingerprint density at radius 3 is 2.55 bits per heavy atom. The van der Waals surface area contributed by atoms with Gasteiger partial charge in [0, 0.05) is 30.3 Å². The van der Waals surface area contributed by atoms with Crippen molar-refractivity contribution >= 4 is 6.09 Å². The SMILES string of the molecule is CCn1cc(-n2ccc(=O)c(C(C)c3cccc(-c4ncc(OC5CN(C(=O)OC(C)(C)C)C5)cn4)c3)n2)cn1. The zero-order chi connectivity index (χ0) is 28.4. The minimum Gasteiger partial charge on any atom is -0.483 e. The molecule has 0 spiro atoms. The van der Waals surface area contributed by atoms with Crippen LogP contribution < -0.4 is 10.2 Å². The molecule has 1 unspecified atom stereocenters. The number of hydrogen-bond donors (Lipinski definition) is 0. The van der Waals surface area contributed by atoms with Gasteiger partial charge in [-0.2, -0.15) is 10.2 Å². The Labute approximate surface area is 232 Å². The Hall–Kier alpha value is -4.54. The normalized spacial score (nSPS) is 14.5. The number of hydrogen-bond acceptors (Lipinski definition) is 8. The second-order valence-corrected chi connectivity index (χ2v) is 10.8. The van der Waals surface area contributed by atoms with Gasteiger partial charge in [0.05, 0.1) is 37.9 Å². The molecule has 1 aliphatic heterocycles. The predicted octanol–water partition coefficient (Wildman–Crippen LogP) is 4.06. The average molecular weight is 544 g/mol. The largest absolute Gasteiger partial charge is 0.483 e. The molecule has 0 saturated carbocycles. The first-order valence-corrected chi connectivity index (χ1v) is 13.3. The quantitative estimate of drug-likeness (QED) is 0.343. The van der Waals surface area contributed by atoms with Crippen LogP contribution in [0.1, 0.15) is 51.8 Å². The van der Waals surface area contributed by atoms with Gasteiger partial charge >= 0.3 is 6.09 Å². The summed E-state index contributed by atoms with van der Waals surface area (Å²) in [5.41, 5.74) is 2.31. The highest BCUT2D eigenvalue weighted by Gasteiger charge is 2.35. The van der Waals surface area contributed by atoms with E-state index >= 15 is 0 Å². The molecule has 1 aliphatic rings. The first-order valence-electron chi connectivity index (χ1n) is 13.3. The van der Waals surface area contributed by atoms with Gasteiger partial charge in [0.2, 0.25) is 5.43 Å². The van der Waals surface area contributed by atoms with E-state index < -0.39 is 5.60 Å². The predicted molar refractivity (Wildman–Crippen MR) is 149 cm³/mol. The molecule has 4 heterocycles. The summed E-state index contributed by atoms with van der Waals surface area (Å²) in [6, 6.07) is 9.31. The molecule has 40 heavy (non-hydrogen) atoms. The van der Waals surface area contributed by atoms with Gasteiger partial charge in [-0.3, -0.25) is 9.48 Å². The number of rotatable bonds is 7. The smallest absolute Gasteiger partial charge is 0.410 e. The Balaban J connectivity index is 1.26. The van der Waals surface area contributed by atoms with Crippen LogP contribution in [0.5, 0.6) is 5.75 Å². The van der Waals surface area contributed by atoms with Crippen molar-refractivity contribution in [3.05, 3.63) is 82.8 Å². The lowest BCUT2D eigenvalue weighted by atomic mass is 9.95. The van der Waals surface area contributed by atoms with Gasteiger partial charge in [-0.05, 0) is 39.3 Å². The zero-order valence-corrected chi connectivity index (χ0v) is 23.3. The second-order valence-electron chi connectivity index (χ2n) is 10.8. The van der Waals surface area contributed by atoms with E-state index in [4.69, 9.17) is 9.47 Å². The fourth-order valence-corrected chi connectivity index (χ4v) is 4.32. The van der Waals surface area contributed by atoms with Gasteiger partial charge in [0.1, 0.15) is 23.1 Å². The molecule has 3 aromatic heterocycles. The molecule has 0 aliphatic carbocycles. The summed E-state index contributed by atoms with van der Waals surface area (Å²) >= 11 is 0. The molecule has 1 aromatic carbocycles. The van der Waals surface area contributed by atoms with Gasteiger partial charge < -0.3 is 14.4 Å². The van der Waals surface area contributed by atoms with E-state index in [0.29, 0.717) is 30.4 Å². The highest BCUT2D eigenvalue weighted by molar-refractivity contribution is 5.69. The van der Waals surface area contributed by atoms with Crippen molar-refractivity contribution in [1.29, 1.82) is 0 Å². The molecule has 0 bridgehead atoms. The molecule has 11 nitrogen and oxygen atoms in total. The Morgan fingerprint density at radius 1 is 1.12 bits per heavy atom. The fourth-order valence-electron chi connectivity index (χ4n) is 4.32. The average Bonchev–Trinajstić information content (AvgIpc) is 3.39. The Bertz CT molecular complexity index is 1550. The summed E-state index contributed by atoms with van der Waals surface area (Å²) < 4.78 is 14.8. The van der Waals surface area contributed by atoms with Crippen LogP contribution in [0.2, 0.25) is 0 Å². The van der Waals surface area contributed by atoms with Gasteiger partial charge in [0.25, 0.3) is 0 Å². The molecule has 1 amide bonds. The standard InChI is InChI=1S/C29H33N7O4/c1-6-35-16-22(13-32-35)36-11-10-25(37)26(33-36)19(2)20-8-7-9-21(12-20)27-30-14-23(15-31-27)39-24-17-34(18-24)28(38)40-29(3,4)5/h7-16,19,24H,6,17-18H2,1-5H3. The molecule has 5 rings (SSSR count). The zero-order valence-electron chi connectivity index (χ0n) is 23.3. The van der Waals surface area contributed by atoms with E-state index in [1.165, 1.54) is 6.07 Å². The van der Waals surface area contributed by atoms with Crippen LogP contribution in [0.25, 0.3) is 17.1 Å². The van der Waals surface area contributed by atoms with Gasteiger partial charge in [-0.1, -0.05) is 25.1 Å². The topological polar surface area (TPSA) is 117 Å². The minimum atomic E-state index is -0.530. The second kappa shape index (κ2) is 10.9. The summed E-state index contributed by atoms with van der Waals surface area (Å²) in [6.07, 6.45) is 8.05. The third kappa shape index (κ3) is 6.03. The lowest BCUT2D eigenvalue weighted by molar-refractivity contribution is -0.0222. The van der Waals surface area contributed by atoms with E-state index in [0.717, 1.165) is 23.4 Å². The van der Waals surface area contributed by atoms with Crippen molar-refractivity contribution in [1.82, 2.24) is 34.4 Å². The van der Waals surface area contributed by atoms with E-state index in [9.17, 15) is 9.59 Å². The minimum absolute atomic E-state index is 0.129. The van der Waals surface area contributed by atoms with Gasteiger partial charge in [-0.15, -0.1) is 0 Å². The van der Waals surface area contributed by atoms with E-state index in [2.05, 4.69) is 20.2 Å². The maximum atomic E-state index is 12.7. The number of benzene rings is 1. The number of amides is 1. The molecule has 0 radical (unpaired) electrons. The first-order chi connectivity index (χ1) is 19.1. The summed E-state index contributed by atoms with van der Waals surface area (Å²) in [4.78, 5) is 35.4. The Kier molecular flexibility index (Phi) is 7.38. The number of ether oxygens (including phenoxy) is 2. The highest BCUT2D eigenvalue weighted by atomic mass is 16.6. The number of carbonyl (C=O) groups is 1. The van der Waals surface area contributed by atoms with Crippen LogP contribution in [0, 0.1) is 0 Å². The molecular weight excluding hydrogens is 510 g/mol. The van der Waals surface area contributed by atoms with Gasteiger partial charge in [0.15, 0.2) is 11.6 Å². The van der Waals surface area contributed by atoms with E-state index in [-0.39, 0.29) is 23.5 Å². The van der Waals surface area contributed by atoms with Crippen molar-refractivity contribution in [2.24, 2.45) is 0 Å². The lowest BCUT2D eigenvalue weighted by Gasteiger charge is -2.39. The summed E-state index contributed by atoms with van der Waals surface area (Å²) in [5, 5.41) is 8.92. The molecule has 4 aromatic rings. The lowest BCUT2D eigenvalue weighted by Crippen LogP contribution is -2.57. The van der Waals surface area contributed by atoms with Crippen LogP contribution in [0.15, 0.2) is 66.1 Å². The molecular formula is C29H33N7O4. The summed E-state index contributed by atoms with van der Waals surface area (Å²) in [7, 11) is 0. The van der Waals surface area contributed by atoms with Crippen LogP contribution in [0.3, 0.4) is 0 Å². The number of likely N-dealkylation sites (tertiary alicyclic amines) is 1. The van der Waals surface area contributed by atoms with Crippen molar-refractivity contribution in [3.63, 3.8) is 0 Å². The molecule has 1 atom stereocenters.